The monoisotopic (exact) mass is 359 g/mol. The summed E-state index contributed by atoms with van der Waals surface area (Å²) in [5.41, 5.74) is 2.97. The topological polar surface area (TPSA) is 42.8 Å². The van der Waals surface area contributed by atoms with Crippen molar-refractivity contribution < 1.29 is 14.4 Å². The number of amides is 1. The van der Waals surface area contributed by atoms with E-state index in [1.165, 1.54) is 10.5 Å². The van der Waals surface area contributed by atoms with Crippen LogP contribution in [0.3, 0.4) is 0 Å². The number of quaternary nitrogens is 1. The van der Waals surface area contributed by atoms with Crippen molar-refractivity contribution in [3.63, 3.8) is 0 Å². The number of rotatable bonds is 5. The van der Waals surface area contributed by atoms with E-state index in [1.54, 1.807) is 24.3 Å². The summed E-state index contributed by atoms with van der Waals surface area (Å²) in [6, 6.07) is 15.3. The number of carbonyl (C=O) groups is 1. The third-order valence-electron chi connectivity index (χ3n) is 4.58. The van der Waals surface area contributed by atoms with Gasteiger partial charge in [0.25, 0.3) is 5.91 Å². The minimum atomic E-state index is -0.0742. The fraction of sp³-hybridized carbons (Fsp3) is 0.350. The van der Waals surface area contributed by atoms with E-state index in [4.69, 9.17) is 16.3 Å². The molecule has 1 atom stereocenters. The third-order valence-corrected chi connectivity index (χ3v) is 4.84. The summed E-state index contributed by atoms with van der Waals surface area (Å²) < 4.78 is 5.44. The van der Waals surface area contributed by atoms with Crippen molar-refractivity contribution in [3.8, 4) is 0 Å². The lowest BCUT2D eigenvalue weighted by Crippen LogP contribution is -3.14. The number of ether oxygens (including phenoxy) is 1. The zero-order valence-electron chi connectivity index (χ0n) is 14.4. The van der Waals surface area contributed by atoms with Crippen LogP contribution in [0.15, 0.2) is 48.5 Å². The molecule has 4 nitrogen and oxygen atoms in total. The molecule has 2 aromatic carbocycles. The second-order valence-corrected chi connectivity index (χ2v) is 6.95. The SMILES string of the molecule is Cc1ccc([C@@H](C[NH+]2CCOCC2)NC(=O)c2ccc(Cl)cc2)cc1. The maximum absolute atomic E-state index is 12.7. The molecule has 2 aromatic rings. The van der Waals surface area contributed by atoms with Crippen LogP contribution in [0, 0.1) is 6.92 Å². The molecule has 1 aliphatic heterocycles. The predicted octanol–water partition coefficient (Wildman–Crippen LogP) is 2.03. The molecule has 1 saturated heterocycles. The van der Waals surface area contributed by atoms with Crippen LogP contribution >= 0.6 is 11.6 Å². The number of benzene rings is 2. The molecule has 0 saturated carbocycles. The van der Waals surface area contributed by atoms with E-state index in [0.717, 1.165) is 38.4 Å². The van der Waals surface area contributed by atoms with E-state index >= 15 is 0 Å². The standard InChI is InChI=1S/C20H23ClN2O2/c1-15-2-4-16(5-3-15)19(14-23-10-12-25-13-11-23)22-20(24)17-6-8-18(21)9-7-17/h2-9,19H,10-14H2,1H3,(H,22,24)/p+1/t19-/m1/s1. The second kappa shape index (κ2) is 8.48. The van der Waals surface area contributed by atoms with Gasteiger partial charge in [-0.15, -0.1) is 0 Å². The Hall–Kier alpha value is -1.88. The van der Waals surface area contributed by atoms with Gasteiger partial charge in [0, 0.05) is 10.6 Å². The lowest BCUT2D eigenvalue weighted by Gasteiger charge is -2.28. The minimum absolute atomic E-state index is 0.0307. The molecule has 0 aromatic heterocycles. The fourth-order valence-corrected chi connectivity index (χ4v) is 3.17. The summed E-state index contributed by atoms with van der Waals surface area (Å²) in [5.74, 6) is -0.0742. The molecule has 1 aliphatic rings. The molecule has 1 amide bonds. The van der Waals surface area contributed by atoms with Crippen molar-refractivity contribution >= 4 is 17.5 Å². The van der Waals surface area contributed by atoms with Gasteiger partial charge >= 0.3 is 0 Å². The molecule has 132 valence electrons. The first kappa shape index (κ1) is 17.9. The molecule has 0 spiro atoms. The van der Waals surface area contributed by atoms with Gasteiger partial charge in [0.15, 0.2) is 0 Å². The van der Waals surface area contributed by atoms with Gasteiger partial charge in [-0.1, -0.05) is 41.4 Å². The molecular formula is C20H24ClN2O2+. The van der Waals surface area contributed by atoms with Crippen molar-refractivity contribution in [2.75, 3.05) is 32.8 Å². The Morgan fingerprint density at radius 1 is 1.12 bits per heavy atom. The highest BCUT2D eigenvalue weighted by Crippen LogP contribution is 2.15. The maximum Gasteiger partial charge on any atom is 0.251 e. The largest absolute Gasteiger partial charge is 0.370 e. The average Bonchev–Trinajstić information content (AvgIpc) is 2.63. The molecule has 5 heteroatoms. The summed E-state index contributed by atoms with van der Waals surface area (Å²) in [6.07, 6.45) is 0. The predicted molar refractivity (Wildman–Crippen MR) is 99.2 cm³/mol. The number of nitrogens with one attached hydrogen (secondary N) is 2. The fourth-order valence-electron chi connectivity index (χ4n) is 3.05. The van der Waals surface area contributed by atoms with Crippen molar-refractivity contribution in [2.24, 2.45) is 0 Å². The number of halogens is 1. The van der Waals surface area contributed by atoms with E-state index in [-0.39, 0.29) is 11.9 Å². The number of carbonyl (C=O) groups excluding carboxylic acids is 1. The van der Waals surface area contributed by atoms with Gasteiger partial charge in [0.2, 0.25) is 0 Å². The van der Waals surface area contributed by atoms with E-state index in [1.807, 2.05) is 0 Å². The van der Waals surface area contributed by atoms with Crippen molar-refractivity contribution in [3.05, 3.63) is 70.2 Å². The highest BCUT2D eigenvalue weighted by Gasteiger charge is 2.23. The van der Waals surface area contributed by atoms with Crippen LogP contribution in [-0.2, 0) is 4.74 Å². The van der Waals surface area contributed by atoms with Crippen LogP contribution in [0.25, 0.3) is 0 Å². The zero-order valence-corrected chi connectivity index (χ0v) is 15.2. The van der Waals surface area contributed by atoms with Crippen LogP contribution in [-0.4, -0.2) is 38.8 Å². The highest BCUT2D eigenvalue weighted by atomic mass is 35.5. The normalized spacial score (nSPS) is 16.4. The molecule has 25 heavy (non-hydrogen) atoms. The van der Waals surface area contributed by atoms with Crippen molar-refractivity contribution in [1.29, 1.82) is 0 Å². The molecule has 0 bridgehead atoms. The van der Waals surface area contributed by atoms with Crippen LogP contribution in [0.1, 0.15) is 27.5 Å². The van der Waals surface area contributed by atoms with Gasteiger partial charge in [-0.3, -0.25) is 4.79 Å². The quantitative estimate of drug-likeness (QED) is 0.858. The number of hydrogen-bond acceptors (Lipinski definition) is 2. The Bertz CT molecular complexity index is 695. The number of aryl methyl sites for hydroxylation is 1. The first-order valence-corrected chi connectivity index (χ1v) is 9.04. The van der Waals surface area contributed by atoms with Crippen LogP contribution in [0.4, 0.5) is 0 Å². The first-order valence-electron chi connectivity index (χ1n) is 8.66. The Kier molecular flexibility index (Phi) is 6.08. The lowest BCUT2D eigenvalue weighted by molar-refractivity contribution is -0.909. The van der Waals surface area contributed by atoms with Gasteiger partial charge in [0.05, 0.1) is 13.2 Å². The first-order chi connectivity index (χ1) is 12.1. The molecule has 0 radical (unpaired) electrons. The van der Waals surface area contributed by atoms with Gasteiger partial charge in [-0.2, -0.15) is 0 Å². The van der Waals surface area contributed by atoms with E-state index < -0.39 is 0 Å². The van der Waals surface area contributed by atoms with Gasteiger partial charge in [0.1, 0.15) is 25.7 Å². The van der Waals surface area contributed by atoms with Crippen LogP contribution < -0.4 is 10.2 Å². The van der Waals surface area contributed by atoms with Crippen molar-refractivity contribution in [1.82, 2.24) is 5.32 Å². The Morgan fingerprint density at radius 3 is 2.40 bits per heavy atom. The number of morpholine rings is 1. The van der Waals surface area contributed by atoms with E-state index in [2.05, 4.69) is 36.5 Å². The smallest absolute Gasteiger partial charge is 0.251 e. The molecule has 2 N–H and O–H groups in total. The van der Waals surface area contributed by atoms with E-state index in [9.17, 15) is 4.79 Å². The average molecular weight is 360 g/mol. The van der Waals surface area contributed by atoms with Gasteiger partial charge in [-0.25, -0.2) is 0 Å². The van der Waals surface area contributed by atoms with Crippen LogP contribution in [0.5, 0.6) is 0 Å². The number of hydrogen-bond donors (Lipinski definition) is 2. The van der Waals surface area contributed by atoms with Gasteiger partial charge < -0.3 is 15.0 Å². The third kappa shape index (κ3) is 5.05. The summed E-state index contributed by atoms with van der Waals surface area (Å²) in [7, 11) is 0. The van der Waals surface area contributed by atoms with Crippen molar-refractivity contribution in [2.45, 2.75) is 13.0 Å². The summed E-state index contributed by atoms with van der Waals surface area (Å²) in [4.78, 5) is 14.1. The summed E-state index contributed by atoms with van der Waals surface area (Å²) >= 11 is 5.91. The molecule has 3 rings (SSSR count). The molecular weight excluding hydrogens is 336 g/mol. The zero-order chi connectivity index (χ0) is 17.6. The highest BCUT2D eigenvalue weighted by molar-refractivity contribution is 6.30. The second-order valence-electron chi connectivity index (χ2n) is 6.51. The molecule has 1 heterocycles. The maximum atomic E-state index is 12.7. The Balaban J connectivity index is 1.76. The minimum Gasteiger partial charge on any atom is -0.370 e. The Morgan fingerprint density at radius 2 is 1.76 bits per heavy atom. The summed E-state index contributed by atoms with van der Waals surface area (Å²) in [6.45, 7) is 6.42. The van der Waals surface area contributed by atoms with Crippen LogP contribution in [0.2, 0.25) is 5.02 Å². The van der Waals surface area contributed by atoms with Gasteiger partial charge in [-0.05, 0) is 36.8 Å². The van der Waals surface area contributed by atoms with E-state index in [0.29, 0.717) is 10.6 Å². The molecule has 0 aliphatic carbocycles. The molecule has 0 unspecified atom stereocenters. The summed E-state index contributed by atoms with van der Waals surface area (Å²) in [5, 5.41) is 3.82. The Labute approximate surface area is 153 Å². The lowest BCUT2D eigenvalue weighted by atomic mass is 10.0. The molecule has 1 fully saturated rings.